The van der Waals surface area contributed by atoms with Crippen LogP contribution in [0.3, 0.4) is 0 Å². The Kier molecular flexibility index (Phi) is 2.87. The van der Waals surface area contributed by atoms with Gasteiger partial charge < -0.3 is 5.32 Å². The van der Waals surface area contributed by atoms with Crippen molar-refractivity contribution in [2.75, 3.05) is 0 Å². The largest absolute Gasteiger partial charge is 0.347 e. The summed E-state index contributed by atoms with van der Waals surface area (Å²) in [7, 11) is 0. The number of hydrogen-bond donors (Lipinski definition) is 1. The number of hydrogen-bond acceptors (Lipinski definition) is 2. The van der Waals surface area contributed by atoms with Gasteiger partial charge in [0.05, 0.1) is 12.0 Å². The molecule has 1 atom stereocenters. The van der Waals surface area contributed by atoms with Crippen molar-refractivity contribution < 1.29 is 18.4 Å². The third-order valence-electron chi connectivity index (χ3n) is 2.44. The first kappa shape index (κ1) is 11.1. The van der Waals surface area contributed by atoms with E-state index in [0.29, 0.717) is 0 Å². The maximum Gasteiger partial charge on any atom is 0.264 e. The second-order valence-electron chi connectivity index (χ2n) is 3.83. The molecular formula is C9H13F2NO2. The Morgan fingerprint density at radius 2 is 2.07 bits per heavy atom. The first-order valence-corrected chi connectivity index (χ1v) is 4.50. The number of halogens is 2. The summed E-state index contributed by atoms with van der Waals surface area (Å²) >= 11 is 0. The second-order valence-corrected chi connectivity index (χ2v) is 3.83. The maximum absolute atomic E-state index is 12.7. The van der Waals surface area contributed by atoms with Crippen LogP contribution in [0.1, 0.15) is 26.7 Å². The summed E-state index contributed by atoms with van der Waals surface area (Å²) in [5, 5.41) is 2.20. The van der Waals surface area contributed by atoms with Gasteiger partial charge in [0.25, 0.3) is 5.92 Å². The lowest BCUT2D eigenvalue weighted by Crippen LogP contribution is -2.48. The summed E-state index contributed by atoms with van der Waals surface area (Å²) in [4.78, 5) is 21.8. The highest BCUT2D eigenvalue weighted by Gasteiger charge is 2.37. The number of nitrogens with one attached hydrogen (secondary N) is 1. The highest BCUT2D eigenvalue weighted by Crippen LogP contribution is 2.24. The summed E-state index contributed by atoms with van der Waals surface area (Å²) in [6.07, 6.45) is 0.377. The molecule has 0 spiro atoms. The lowest BCUT2D eigenvalue weighted by atomic mass is 9.83. The third kappa shape index (κ3) is 2.49. The molecule has 1 N–H and O–H groups in total. The van der Waals surface area contributed by atoms with E-state index in [1.54, 1.807) is 0 Å². The van der Waals surface area contributed by atoms with E-state index in [1.165, 1.54) is 6.92 Å². The Morgan fingerprint density at radius 3 is 2.43 bits per heavy atom. The van der Waals surface area contributed by atoms with Crippen LogP contribution in [-0.2, 0) is 9.59 Å². The fourth-order valence-corrected chi connectivity index (χ4v) is 1.13. The number of rotatable bonds is 3. The van der Waals surface area contributed by atoms with Crippen molar-refractivity contribution in [1.29, 1.82) is 0 Å². The number of Topliss-reactive ketones (excluding diaryl/α,β-unsaturated/α-hetero) is 1. The van der Waals surface area contributed by atoms with Gasteiger partial charge in [0.2, 0.25) is 5.91 Å². The van der Waals surface area contributed by atoms with Crippen LogP contribution in [-0.4, -0.2) is 23.7 Å². The summed E-state index contributed by atoms with van der Waals surface area (Å²) in [6, 6.07) is -1.19. The van der Waals surface area contributed by atoms with E-state index in [9.17, 15) is 18.4 Å². The number of alkyl halides is 2. The molecule has 1 amide bonds. The van der Waals surface area contributed by atoms with E-state index < -0.39 is 23.8 Å². The topological polar surface area (TPSA) is 46.2 Å². The summed E-state index contributed by atoms with van der Waals surface area (Å²) in [6.45, 7) is 2.00. The smallest absolute Gasteiger partial charge is 0.264 e. The van der Waals surface area contributed by atoms with Crippen LogP contribution in [0.5, 0.6) is 0 Å². The molecule has 0 heterocycles. The molecule has 1 rings (SSSR count). The minimum Gasteiger partial charge on any atom is -0.347 e. The first-order chi connectivity index (χ1) is 6.30. The highest BCUT2D eigenvalue weighted by molar-refractivity contribution is 5.96. The average Bonchev–Trinajstić information content (AvgIpc) is 1.96. The van der Waals surface area contributed by atoms with Gasteiger partial charge in [-0.25, -0.2) is 8.78 Å². The predicted octanol–water partition coefficient (Wildman–Crippen LogP) is 1.13. The third-order valence-corrected chi connectivity index (χ3v) is 2.44. The molecule has 3 nitrogen and oxygen atoms in total. The van der Waals surface area contributed by atoms with Gasteiger partial charge >= 0.3 is 0 Å². The van der Waals surface area contributed by atoms with Crippen LogP contribution < -0.4 is 5.32 Å². The SMILES string of the molecule is CC(NC(=O)C1CC(=O)C1)C(C)(F)F. The molecule has 0 aromatic heterocycles. The van der Waals surface area contributed by atoms with E-state index in [2.05, 4.69) is 5.32 Å². The molecule has 1 unspecified atom stereocenters. The van der Waals surface area contributed by atoms with E-state index in [-0.39, 0.29) is 18.6 Å². The van der Waals surface area contributed by atoms with Crippen LogP contribution in [0, 0.1) is 5.92 Å². The monoisotopic (exact) mass is 205 g/mol. The molecule has 0 radical (unpaired) electrons. The van der Waals surface area contributed by atoms with Gasteiger partial charge in [0, 0.05) is 19.8 Å². The van der Waals surface area contributed by atoms with E-state index >= 15 is 0 Å². The zero-order valence-corrected chi connectivity index (χ0v) is 8.14. The van der Waals surface area contributed by atoms with Crippen LogP contribution in [0.4, 0.5) is 8.78 Å². The molecule has 0 aromatic carbocycles. The Balaban J connectivity index is 2.38. The van der Waals surface area contributed by atoms with Crippen molar-refractivity contribution in [1.82, 2.24) is 5.32 Å². The molecule has 14 heavy (non-hydrogen) atoms. The van der Waals surface area contributed by atoms with Crippen molar-refractivity contribution >= 4 is 11.7 Å². The van der Waals surface area contributed by atoms with Gasteiger partial charge in [-0.2, -0.15) is 0 Å². The van der Waals surface area contributed by atoms with Crippen molar-refractivity contribution in [3.63, 3.8) is 0 Å². The van der Waals surface area contributed by atoms with Crippen molar-refractivity contribution in [2.24, 2.45) is 5.92 Å². The molecule has 1 aliphatic rings. The number of amides is 1. The molecule has 1 fully saturated rings. The van der Waals surface area contributed by atoms with Crippen LogP contribution in [0.25, 0.3) is 0 Å². The van der Waals surface area contributed by atoms with E-state index in [0.717, 1.165) is 6.92 Å². The van der Waals surface area contributed by atoms with Gasteiger partial charge in [-0.15, -0.1) is 0 Å². The quantitative estimate of drug-likeness (QED) is 0.750. The fraction of sp³-hybridized carbons (Fsp3) is 0.778. The molecule has 0 bridgehead atoms. The van der Waals surface area contributed by atoms with Crippen LogP contribution >= 0.6 is 0 Å². The molecule has 80 valence electrons. The van der Waals surface area contributed by atoms with Crippen molar-refractivity contribution in [2.45, 2.75) is 38.7 Å². The zero-order valence-electron chi connectivity index (χ0n) is 8.14. The fourth-order valence-electron chi connectivity index (χ4n) is 1.13. The summed E-state index contributed by atoms with van der Waals surface area (Å²) in [5.41, 5.74) is 0. The molecule has 1 aliphatic carbocycles. The van der Waals surface area contributed by atoms with E-state index in [4.69, 9.17) is 0 Å². The Labute approximate surface area is 80.9 Å². The van der Waals surface area contributed by atoms with Gasteiger partial charge in [0.1, 0.15) is 5.78 Å². The standard InChI is InChI=1S/C9H13F2NO2/c1-5(9(2,10)11)12-8(14)6-3-7(13)4-6/h5-6H,3-4H2,1-2H3,(H,12,14). The maximum atomic E-state index is 12.7. The molecule has 0 saturated heterocycles. The van der Waals surface area contributed by atoms with Gasteiger partial charge in [-0.05, 0) is 6.92 Å². The van der Waals surface area contributed by atoms with Gasteiger partial charge in [0.15, 0.2) is 0 Å². The predicted molar refractivity (Wildman–Crippen MR) is 46.0 cm³/mol. The number of ketones is 1. The summed E-state index contributed by atoms with van der Waals surface area (Å²) < 4.78 is 25.3. The molecule has 5 heteroatoms. The zero-order chi connectivity index (χ0) is 10.9. The van der Waals surface area contributed by atoms with Crippen LogP contribution in [0.2, 0.25) is 0 Å². The van der Waals surface area contributed by atoms with Crippen molar-refractivity contribution in [3.05, 3.63) is 0 Å². The lowest BCUT2D eigenvalue weighted by molar-refractivity contribution is -0.139. The lowest BCUT2D eigenvalue weighted by Gasteiger charge is -2.27. The Bertz CT molecular complexity index is 252. The highest BCUT2D eigenvalue weighted by atomic mass is 19.3. The second kappa shape index (κ2) is 3.63. The van der Waals surface area contributed by atoms with Gasteiger partial charge in [-0.1, -0.05) is 0 Å². The number of carbonyl (C=O) groups is 2. The Hall–Kier alpha value is -1.00. The molecule has 1 saturated carbocycles. The normalized spacial score (nSPS) is 20.1. The van der Waals surface area contributed by atoms with Crippen molar-refractivity contribution in [3.8, 4) is 0 Å². The van der Waals surface area contributed by atoms with Gasteiger partial charge in [-0.3, -0.25) is 9.59 Å². The minimum absolute atomic E-state index is 0.0149. The molecule has 0 aromatic rings. The molecular weight excluding hydrogens is 192 g/mol. The van der Waals surface area contributed by atoms with Crippen LogP contribution in [0.15, 0.2) is 0 Å². The number of carbonyl (C=O) groups excluding carboxylic acids is 2. The minimum atomic E-state index is -2.93. The average molecular weight is 205 g/mol. The molecule has 0 aliphatic heterocycles. The Morgan fingerprint density at radius 1 is 1.57 bits per heavy atom. The summed E-state index contributed by atoms with van der Waals surface area (Å²) in [5.74, 6) is -3.75. The first-order valence-electron chi connectivity index (χ1n) is 4.50. The van der Waals surface area contributed by atoms with E-state index in [1.807, 2.05) is 0 Å².